The van der Waals surface area contributed by atoms with Crippen molar-refractivity contribution < 1.29 is 19.1 Å². The lowest BCUT2D eigenvalue weighted by Gasteiger charge is -2.43. The minimum Gasteiger partial charge on any atom is -0.365 e. The minimum atomic E-state index is -0.618. The second-order valence-electron chi connectivity index (χ2n) is 11.2. The number of carbonyl (C=O) groups is 3. The third kappa shape index (κ3) is 3.72. The van der Waals surface area contributed by atoms with Crippen molar-refractivity contribution in [2.75, 3.05) is 11.5 Å². The third-order valence-electron chi connectivity index (χ3n) is 8.28. The molecule has 2 unspecified atom stereocenters. The minimum absolute atomic E-state index is 0.162. The number of ketones is 2. The summed E-state index contributed by atoms with van der Waals surface area (Å²) in [6.07, 6.45) is 5.35. The van der Waals surface area contributed by atoms with E-state index < -0.39 is 11.5 Å². The van der Waals surface area contributed by atoms with Gasteiger partial charge in [-0.1, -0.05) is 46.8 Å². The zero-order valence-electron chi connectivity index (χ0n) is 22.8. The molecule has 0 bridgehead atoms. The summed E-state index contributed by atoms with van der Waals surface area (Å²) in [5, 5.41) is 0. The Balaban J connectivity index is 1.51. The maximum atomic E-state index is 13.4. The maximum Gasteiger partial charge on any atom is 0.258 e. The first-order valence-corrected chi connectivity index (χ1v) is 15.2. The lowest BCUT2D eigenvalue weighted by Crippen LogP contribution is -2.46. The molecule has 1 aromatic carbocycles. The molecule has 6 rings (SSSR count). The monoisotopic (exact) mass is 560 g/mol. The summed E-state index contributed by atoms with van der Waals surface area (Å²) in [5.41, 5.74) is 9.24. The number of hydrogen-bond acceptors (Lipinski definition) is 7. The van der Waals surface area contributed by atoms with Crippen molar-refractivity contribution in [3.8, 4) is 0 Å². The molecule has 2 aliphatic heterocycles. The summed E-state index contributed by atoms with van der Waals surface area (Å²) < 4.78 is 8.46. The van der Waals surface area contributed by atoms with E-state index >= 15 is 0 Å². The van der Waals surface area contributed by atoms with Crippen molar-refractivity contribution in [2.45, 2.75) is 65.0 Å². The fourth-order valence-corrected chi connectivity index (χ4v) is 8.79. The highest BCUT2D eigenvalue weighted by molar-refractivity contribution is 7.30. The van der Waals surface area contributed by atoms with Gasteiger partial charge in [-0.3, -0.25) is 14.4 Å². The molecular formula is C31H32N2O4S2. The first-order chi connectivity index (χ1) is 18.6. The van der Waals surface area contributed by atoms with Crippen LogP contribution in [0.15, 0.2) is 47.7 Å². The lowest BCUT2D eigenvalue weighted by molar-refractivity contribution is -0.121. The summed E-state index contributed by atoms with van der Waals surface area (Å²) in [4.78, 5) is 42.8. The van der Waals surface area contributed by atoms with Crippen LogP contribution >= 0.6 is 22.7 Å². The summed E-state index contributed by atoms with van der Waals surface area (Å²) in [5.74, 6) is -0.284. The van der Waals surface area contributed by atoms with Crippen molar-refractivity contribution in [3.63, 3.8) is 0 Å². The predicted octanol–water partition coefficient (Wildman–Crippen LogP) is 6.94. The number of fused-ring (bicyclic) bond motifs is 5. The van der Waals surface area contributed by atoms with Crippen LogP contribution in [-0.2, 0) is 10.3 Å². The van der Waals surface area contributed by atoms with Crippen LogP contribution in [0.4, 0.5) is 5.69 Å². The molecule has 1 aliphatic carbocycles. The number of allylic oxidation sites excluding steroid dienone is 3. The van der Waals surface area contributed by atoms with E-state index in [1.165, 1.54) is 11.3 Å². The number of nitrogens with zero attached hydrogens (tertiary/aromatic N) is 1. The molecule has 3 aromatic rings. The fourth-order valence-electron chi connectivity index (χ4n) is 6.13. The van der Waals surface area contributed by atoms with Crippen molar-refractivity contribution in [1.82, 2.24) is 0 Å². The van der Waals surface area contributed by atoms with Crippen molar-refractivity contribution in [3.05, 3.63) is 74.1 Å². The number of nitrogens with two attached hydrogens (primary N) is 1. The van der Waals surface area contributed by atoms with Gasteiger partial charge in [-0.25, -0.2) is 0 Å². The largest absolute Gasteiger partial charge is 0.365 e. The van der Waals surface area contributed by atoms with E-state index in [2.05, 4.69) is 39.5 Å². The van der Waals surface area contributed by atoms with Crippen molar-refractivity contribution in [1.29, 1.82) is 0 Å². The van der Waals surface area contributed by atoms with Gasteiger partial charge in [-0.2, -0.15) is 0 Å². The van der Waals surface area contributed by atoms with Gasteiger partial charge in [0.05, 0.1) is 38.0 Å². The van der Waals surface area contributed by atoms with Crippen LogP contribution < -0.4 is 10.6 Å². The molecule has 2 atom stereocenters. The van der Waals surface area contributed by atoms with Crippen molar-refractivity contribution >= 4 is 55.2 Å². The number of carbonyl (C=O) groups excluding carboxylic acids is 3. The van der Waals surface area contributed by atoms with E-state index in [1.807, 2.05) is 24.3 Å². The van der Waals surface area contributed by atoms with Crippen LogP contribution in [0.2, 0.25) is 0 Å². The normalized spacial score (nSPS) is 23.1. The van der Waals surface area contributed by atoms with Crippen LogP contribution in [0.25, 0.3) is 9.40 Å². The summed E-state index contributed by atoms with van der Waals surface area (Å²) in [6.45, 7) is 11.4. The van der Waals surface area contributed by atoms with Gasteiger partial charge < -0.3 is 15.4 Å². The molecular weight excluding hydrogens is 528 g/mol. The van der Waals surface area contributed by atoms with Gasteiger partial charge in [0.25, 0.3) is 5.91 Å². The zero-order chi connectivity index (χ0) is 27.8. The number of amides is 1. The number of Topliss-reactive ketones (excluding diaryl/α,β-unsaturated/α-hetero) is 2. The molecule has 6 nitrogen and oxygen atoms in total. The molecule has 2 N–H and O–H groups in total. The molecule has 3 aliphatic rings. The first-order valence-electron chi connectivity index (χ1n) is 13.5. The Labute approximate surface area is 236 Å². The molecule has 1 fully saturated rings. The van der Waals surface area contributed by atoms with Gasteiger partial charge in [0.2, 0.25) is 0 Å². The van der Waals surface area contributed by atoms with Crippen LogP contribution in [0.1, 0.15) is 94.2 Å². The van der Waals surface area contributed by atoms with E-state index in [0.29, 0.717) is 28.5 Å². The number of benzene rings is 1. The smallest absolute Gasteiger partial charge is 0.258 e. The quantitative estimate of drug-likeness (QED) is 0.260. The average molecular weight is 561 g/mol. The zero-order valence-corrected chi connectivity index (χ0v) is 24.4. The Morgan fingerprint density at radius 1 is 1.10 bits per heavy atom. The standard InChI is InChI=1S/C31H32N2O4S2/c1-6-21(16(4)5)33-24(10-9-19-26(34)18-8-7-17(15(2)3)13-20(18)27(19)35)31(11-12-37-31)29-25(33)28-22(39-29)14-23(38-28)30(32)36/h7-10,13-16,21H,6,11-12H2,1-5H3,(H2,32,36)/b19-9+,24-10+. The first kappa shape index (κ1) is 26.2. The van der Waals surface area contributed by atoms with Gasteiger partial charge >= 0.3 is 0 Å². The van der Waals surface area contributed by atoms with Gasteiger partial charge in [-0.15, -0.1) is 22.7 Å². The highest BCUT2D eigenvalue weighted by atomic mass is 32.1. The second kappa shape index (κ2) is 9.25. The van der Waals surface area contributed by atoms with Gasteiger partial charge in [-0.05, 0) is 48.1 Å². The molecule has 1 saturated heterocycles. The van der Waals surface area contributed by atoms with Crippen molar-refractivity contribution in [2.24, 2.45) is 11.7 Å². The van der Waals surface area contributed by atoms with E-state index in [1.54, 1.807) is 23.5 Å². The molecule has 0 saturated carbocycles. The topological polar surface area (TPSA) is 89.7 Å². The van der Waals surface area contributed by atoms with Crippen LogP contribution in [0, 0.1) is 5.92 Å². The summed E-state index contributed by atoms with van der Waals surface area (Å²) in [7, 11) is 0. The Kier molecular flexibility index (Phi) is 6.21. The van der Waals surface area contributed by atoms with Crippen LogP contribution in [0.5, 0.6) is 0 Å². The number of thiophene rings is 2. The Morgan fingerprint density at radius 3 is 2.41 bits per heavy atom. The average Bonchev–Trinajstić information content (AvgIpc) is 3.56. The molecule has 0 radical (unpaired) electrons. The highest BCUT2D eigenvalue weighted by Crippen LogP contribution is 2.62. The third-order valence-corrected chi connectivity index (χ3v) is 10.8. The van der Waals surface area contributed by atoms with Gasteiger partial charge in [0.15, 0.2) is 11.6 Å². The highest BCUT2D eigenvalue weighted by Gasteiger charge is 2.56. The number of primary amides is 1. The molecule has 1 amide bonds. The summed E-state index contributed by atoms with van der Waals surface area (Å²) >= 11 is 3.07. The summed E-state index contributed by atoms with van der Waals surface area (Å²) in [6, 6.07) is 7.63. The van der Waals surface area contributed by atoms with Crippen LogP contribution in [0.3, 0.4) is 0 Å². The molecule has 2 aromatic heterocycles. The molecule has 202 valence electrons. The number of ether oxygens (including phenoxy) is 1. The van der Waals surface area contributed by atoms with E-state index in [0.717, 1.165) is 44.1 Å². The molecule has 4 heterocycles. The fraction of sp³-hybridized carbons (Fsp3) is 0.387. The lowest BCUT2D eigenvalue weighted by atomic mass is 9.89. The number of rotatable bonds is 6. The predicted molar refractivity (Wildman–Crippen MR) is 157 cm³/mol. The number of anilines is 1. The molecule has 1 spiro atoms. The Bertz CT molecular complexity index is 1620. The van der Waals surface area contributed by atoms with Gasteiger partial charge in [0.1, 0.15) is 5.60 Å². The number of hydrogen-bond donors (Lipinski definition) is 1. The Hall–Kier alpha value is -3.07. The van der Waals surface area contributed by atoms with Crippen LogP contribution in [-0.4, -0.2) is 30.1 Å². The Morgan fingerprint density at radius 2 is 1.82 bits per heavy atom. The maximum absolute atomic E-state index is 13.4. The van der Waals surface area contributed by atoms with E-state index in [4.69, 9.17) is 10.5 Å². The van der Waals surface area contributed by atoms with E-state index in [-0.39, 0.29) is 29.1 Å². The molecule has 39 heavy (non-hydrogen) atoms. The van der Waals surface area contributed by atoms with E-state index in [9.17, 15) is 14.4 Å². The second-order valence-corrected chi connectivity index (χ2v) is 13.3. The SMILES string of the molecule is CCC(C(C)C)N1/C(=C/C=C2\C(=O)c3ccc(C(C)C)cc3C2=O)C2(CCO2)c2sc3cc(C(N)=O)sc3c21. The molecule has 8 heteroatoms. The van der Waals surface area contributed by atoms with Gasteiger partial charge in [0, 0.05) is 28.3 Å².